The number of carboxylic acids is 1. The van der Waals surface area contributed by atoms with Gasteiger partial charge in [0, 0.05) is 48.7 Å². The standard InChI is InChI=1S/C18H22N4O3.C12H19NO4.C7H6N4O.C6H5N3/c1-4-18(2,3)15(23)17(25)21-11-7-10-14(21)16(24)22-13-9-6-5-8-12(13)19-20-22;1-4-12(2,3)9(14)10(15)13-7-5-6-8(13)11(16)17;12-7(10-3-1-8-5-10)11-4-2-9-6-11;1-2-4-6-5(3-1)7-9-8-6/h5-6,8-9,14H,4,7,10-11H2,1-3H3;8H,4-7H2,1-3H3,(H,16,17);1-6H;1-4H,(H,7,8,9)/t14-;8-;;/m00../s1. The highest BCUT2D eigenvalue weighted by Gasteiger charge is 2.43. The van der Waals surface area contributed by atoms with Crippen LogP contribution in [0, 0.1) is 10.8 Å². The Morgan fingerprint density at radius 2 is 1.14 bits per heavy atom. The number of nitrogens with zero attached hydrogens (tertiary/aromatic N) is 11. The summed E-state index contributed by atoms with van der Waals surface area (Å²) in [7, 11) is 0. The summed E-state index contributed by atoms with van der Waals surface area (Å²) in [6.45, 7) is 11.4. The number of benzene rings is 2. The van der Waals surface area contributed by atoms with Crippen LogP contribution in [0.25, 0.3) is 22.1 Å². The molecule has 63 heavy (non-hydrogen) atoms. The van der Waals surface area contributed by atoms with Gasteiger partial charge in [0.25, 0.3) is 17.7 Å². The predicted molar refractivity (Wildman–Crippen MR) is 228 cm³/mol. The van der Waals surface area contributed by atoms with E-state index < -0.39 is 52.3 Å². The van der Waals surface area contributed by atoms with Crippen molar-refractivity contribution in [3.8, 4) is 0 Å². The molecule has 0 aliphatic carbocycles. The fourth-order valence-electron chi connectivity index (χ4n) is 6.53. The Morgan fingerprint density at radius 3 is 1.60 bits per heavy atom. The Morgan fingerprint density at radius 1 is 0.683 bits per heavy atom. The molecule has 0 saturated carbocycles. The molecule has 0 unspecified atom stereocenters. The summed E-state index contributed by atoms with van der Waals surface area (Å²) >= 11 is 0. The molecule has 0 bridgehead atoms. The Kier molecular flexibility index (Phi) is 15.3. The van der Waals surface area contributed by atoms with E-state index >= 15 is 0 Å². The van der Waals surface area contributed by atoms with Crippen LogP contribution in [0.2, 0.25) is 0 Å². The second kappa shape index (κ2) is 20.5. The molecule has 0 spiro atoms. The third-order valence-electron chi connectivity index (χ3n) is 11.2. The minimum atomic E-state index is -1.03. The molecule has 2 fully saturated rings. The molecular formula is C43H52N12O8. The van der Waals surface area contributed by atoms with Crippen LogP contribution in [0.3, 0.4) is 0 Å². The van der Waals surface area contributed by atoms with Gasteiger partial charge >= 0.3 is 12.0 Å². The number of likely N-dealkylation sites (tertiary alicyclic amines) is 2. The molecule has 2 saturated heterocycles. The van der Waals surface area contributed by atoms with Crippen molar-refractivity contribution < 1.29 is 38.7 Å². The quantitative estimate of drug-likeness (QED) is 0.197. The zero-order valence-electron chi connectivity index (χ0n) is 36.1. The molecule has 20 heteroatoms. The van der Waals surface area contributed by atoms with Gasteiger partial charge in [-0.3, -0.25) is 33.1 Å². The van der Waals surface area contributed by atoms with Gasteiger partial charge in [-0.2, -0.15) is 20.1 Å². The molecule has 8 rings (SSSR count). The lowest BCUT2D eigenvalue weighted by molar-refractivity contribution is -0.154. The van der Waals surface area contributed by atoms with E-state index in [-0.39, 0.29) is 11.9 Å². The van der Waals surface area contributed by atoms with Gasteiger partial charge in [0.2, 0.25) is 11.6 Å². The molecule has 2 N–H and O–H groups in total. The van der Waals surface area contributed by atoms with Gasteiger partial charge in [0.1, 0.15) is 41.3 Å². The number of hydrogen-bond acceptors (Lipinski definition) is 13. The van der Waals surface area contributed by atoms with E-state index in [1.807, 2.05) is 44.2 Å². The lowest BCUT2D eigenvalue weighted by atomic mass is 9.84. The molecule has 6 aromatic rings. The molecule has 4 aromatic heterocycles. The minimum absolute atomic E-state index is 0.190. The number of aromatic nitrogens is 10. The van der Waals surface area contributed by atoms with Crippen LogP contribution < -0.4 is 0 Å². The van der Waals surface area contributed by atoms with Crippen LogP contribution >= 0.6 is 0 Å². The van der Waals surface area contributed by atoms with Gasteiger partial charge in [-0.25, -0.2) is 19.6 Å². The second-order valence-corrected chi connectivity index (χ2v) is 16.1. The highest BCUT2D eigenvalue weighted by molar-refractivity contribution is 6.38. The Bertz CT molecular complexity index is 2480. The van der Waals surface area contributed by atoms with E-state index in [1.165, 1.54) is 36.3 Å². The minimum Gasteiger partial charge on any atom is -0.480 e. The molecule has 2 aromatic carbocycles. The molecule has 2 atom stereocenters. The zero-order chi connectivity index (χ0) is 45.9. The highest BCUT2D eigenvalue weighted by atomic mass is 16.4. The number of ketones is 2. The van der Waals surface area contributed by atoms with Crippen LogP contribution in [0.15, 0.2) is 86.0 Å². The average molecular weight is 865 g/mol. The highest BCUT2D eigenvalue weighted by Crippen LogP contribution is 2.27. The monoisotopic (exact) mass is 864 g/mol. The maximum Gasteiger partial charge on any atom is 0.338 e. The van der Waals surface area contributed by atoms with Crippen molar-refractivity contribution in [2.45, 2.75) is 92.2 Å². The fourth-order valence-corrected chi connectivity index (χ4v) is 6.53. The summed E-state index contributed by atoms with van der Waals surface area (Å²) in [6, 6.07) is 13.2. The number of fused-ring (bicyclic) bond motifs is 2. The first-order valence-electron chi connectivity index (χ1n) is 20.6. The number of Topliss-reactive ketones (excluding diaryl/α,β-unsaturated/α-hetero) is 2. The second-order valence-electron chi connectivity index (χ2n) is 16.1. The Hall–Kier alpha value is -7.25. The van der Waals surface area contributed by atoms with E-state index in [4.69, 9.17) is 5.11 Å². The normalized spacial score (nSPS) is 16.0. The first-order valence-corrected chi connectivity index (χ1v) is 20.6. The number of imidazole rings is 2. The lowest BCUT2D eigenvalue weighted by Gasteiger charge is -2.27. The molecule has 332 valence electrons. The van der Waals surface area contributed by atoms with E-state index in [1.54, 1.807) is 70.7 Å². The number of hydrogen-bond donors (Lipinski definition) is 2. The third kappa shape index (κ3) is 11.0. The van der Waals surface area contributed by atoms with Crippen molar-refractivity contribution in [2.24, 2.45) is 10.8 Å². The number of carbonyl (C=O) groups excluding carboxylic acids is 6. The van der Waals surface area contributed by atoms with Crippen molar-refractivity contribution in [1.82, 2.24) is 59.3 Å². The van der Waals surface area contributed by atoms with Gasteiger partial charge in [-0.05, 0) is 62.8 Å². The Labute approximate surface area is 362 Å². The first kappa shape index (κ1) is 46.8. The predicted octanol–water partition coefficient (Wildman–Crippen LogP) is 4.69. The molecule has 0 radical (unpaired) electrons. The first-order chi connectivity index (χ1) is 30.0. The Balaban J connectivity index is 0.000000170. The smallest absolute Gasteiger partial charge is 0.338 e. The lowest BCUT2D eigenvalue weighted by Crippen LogP contribution is -2.48. The van der Waals surface area contributed by atoms with Crippen molar-refractivity contribution in [3.63, 3.8) is 0 Å². The number of aromatic amines is 1. The number of aliphatic carboxylic acids is 1. The summed E-state index contributed by atoms with van der Waals surface area (Å²) in [4.78, 5) is 94.6. The van der Waals surface area contributed by atoms with E-state index in [0.29, 0.717) is 62.6 Å². The van der Waals surface area contributed by atoms with Crippen molar-refractivity contribution in [3.05, 3.63) is 86.0 Å². The SMILES string of the molecule is CCC(C)(C)C(=O)C(=O)N1CCC[C@H]1C(=O)O.CCC(C)(C)C(=O)C(=O)N1CCC[C@H]1C(=O)n1nnc2ccccc21.O=C(n1ccnc1)n1ccnc1.c1ccc2n[nH]nc2c1. The van der Waals surface area contributed by atoms with Crippen molar-refractivity contribution in [2.75, 3.05) is 13.1 Å². The number of carboxylic acid groups (broad SMARTS) is 1. The van der Waals surface area contributed by atoms with Gasteiger partial charge in [0.15, 0.2) is 0 Å². The van der Waals surface area contributed by atoms with Gasteiger partial charge < -0.3 is 14.9 Å². The van der Waals surface area contributed by atoms with Crippen molar-refractivity contribution >= 4 is 63.4 Å². The number of para-hydroxylation sites is 3. The topological polar surface area (TPSA) is 254 Å². The number of nitrogens with one attached hydrogen (secondary N) is 1. The fraction of sp³-hybridized carbons (Fsp3) is 0.419. The van der Waals surface area contributed by atoms with E-state index in [2.05, 4.69) is 35.7 Å². The number of amides is 2. The largest absolute Gasteiger partial charge is 0.480 e. The average Bonchev–Trinajstić information content (AvgIpc) is 4.15. The zero-order valence-corrected chi connectivity index (χ0v) is 36.1. The van der Waals surface area contributed by atoms with Gasteiger partial charge in [0.05, 0.1) is 5.52 Å². The maximum absolute atomic E-state index is 12.9. The maximum atomic E-state index is 12.9. The number of rotatable bonds is 8. The number of H-pyrrole nitrogens is 1. The van der Waals surface area contributed by atoms with E-state index in [0.717, 1.165) is 11.0 Å². The molecule has 2 aliphatic heterocycles. The molecule has 6 heterocycles. The summed E-state index contributed by atoms with van der Waals surface area (Å²) in [6.07, 6.45) is 12.6. The summed E-state index contributed by atoms with van der Waals surface area (Å²) < 4.78 is 3.99. The molecule has 20 nitrogen and oxygen atoms in total. The molecule has 2 aliphatic rings. The van der Waals surface area contributed by atoms with Crippen LogP contribution in [0.4, 0.5) is 4.79 Å². The summed E-state index contributed by atoms with van der Waals surface area (Å²) in [5, 5.41) is 27.2. The van der Waals surface area contributed by atoms with Gasteiger partial charge in [-0.1, -0.05) is 71.0 Å². The summed E-state index contributed by atoms with van der Waals surface area (Å²) in [5.74, 6) is -3.51. The number of carbonyl (C=O) groups is 7. The van der Waals surface area contributed by atoms with E-state index in [9.17, 15) is 33.6 Å². The molecular weight excluding hydrogens is 813 g/mol. The summed E-state index contributed by atoms with van der Waals surface area (Å²) in [5.41, 5.74) is 1.60. The van der Waals surface area contributed by atoms with Crippen LogP contribution in [0.5, 0.6) is 0 Å². The van der Waals surface area contributed by atoms with Crippen LogP contribution in [0.1, 0.15) is 84.9 Å². The van der Waals surface area contributed by atoms with Crippen molar-refractivity contribution in [1.29, 1.82) is 0 Å². The van der Waals surface area contributed by atoms with Crippen LogP contribution in [-0.4, -0.2) is 131 Å². The third-order valence-corrected chi connectivity index (χ3v) is 11.2. The van der Waals surface area contributed by atoms with Crippen LogP contribution in [-0.2, 0) is 24.0 Å². The molecule has 2 amide bonds. The van der Waals surface area contributed by atoms with Gasteiger partial charge in [-0.15, -0.1) is 5.10 Å².